The number of nitrogens with zero attached hydrogens (tertiary/aromatic N) is 1. The van der Waals surface area contributed by atoms with Gasteiger partial charge < -0.3 is 0 Å². The highest BCUT2D eigenvalue weighted by molar-refractivity contribution is 6.01. The van der Waals surface area contributed by atoms with Crippen LogP contribution in [0, 0.1) is 18.6 Å². The lowest BCUT2D eigenvalue weighted by Gasteiger charge is -2.12. The van der Waals surface area contributed by atoms with Gasteiger partial charge in [-0.3, -0.25) is 4.79 Å². The maximum atomic E-state index is 14.5. The first kappa shape index (κ1) is 16.1. The normalized spacial score (nSPS) is 11.6. The van der Waals surface area contributed by atoms with E-state index in [1.54, 1.807) is 25.4 Å². The number of carbonyl (C=O) groups is 1. The van der Waals surface area contributed by atoms with Crippen molar-refractivity contribution in [2.45, 2.75) is 13.1 Å². The Labute approximate surface area is 122 Å². The van der Waals surface area contributed by atoms with Gasteiger partial charge >= 0.3 is 6.18 Å². The standard InChI is InChI=1S/C15H11F5NO/c1-8-7-9(16)12(14(22)15(18,19)20)13(17)11(8)10-5-3-4-6-21(10)2/h3-7H,1-2H3/q+1. The summed E-state index contributed by atoms with van der Waals surface area (Å²) in [6.45, 7) is 1.36. The Balaban J connectivity index is 2.78. The first-order valence-electron chi connectivity index (χ1n) is 6.19. The zero-order chi connectivity index (χ0) is 16.7. The van der Waals surface area contributed by atoms with Crippen LogP contribution in [0.5, 0.6) is 0 Å². The maximum Gasteiger partial charge on any atom is 0.455 e. The van der Waals surface area contributed by atoms with Gasteiger partial charge in [0, 0.05) is 12.1 Å². The smallest absolute Gasteiger partial charge is 0.284 e. The molecule has 0 aliphatic heterocycles. The molecule has 2 aromatic rings. The lowest BCUT2D eigenvalue weighted by molar-refractivity contribution is -0.660. The van der Waals surface area contributed by atoms with E-state index < -0.39 is 29.2 Å². The van der Waals surface area contributed by atoms with Crippen molar-refractivity contribution < 1.29 is 31.3 Å². The van der Waals surface area contributed by atoms with E-state index in [0.717, 1.165) is 6.07 Å². The SMILES string of the molecule is Cc1cc(F)c(C(=O)C(F)(F)F)c(F)c1-c1cccc[n+]1C. The fourth-order valence-corrected chi connectivity index (χ4v) is 2.18. The first-order valence-corrected chi connectivity index (χ1v) is 6.19. The van der Waals surface area contributed by atoms with Crippen LogP contribution in [0.2, 0.25) is 0 Å². The molecule has 7 heteroatoms. The third kappa shape index (κ3) is 2.70. The van der Waals surface area contributed by atoms with E-state index in [2.05, 4.69) is 0 Å². The Hall–Kier alpha value is -2.31. The minimum absolute atomic E-state index is 0.0931. The highest BCUT2D eigenvalue weighted by Gasteiger charge is 2.43. The molecule has 0 aliphatic carbocycles. The van der Waals surface area contributed by atoms with E-state index in [-0.39, 0.29) is 16.8 Å². The number of carbonyl (C=O) groups excluding carboxylic acids is 1. The Morgan fingerprint density at radius 1 is 1.18 bits per heavy atom. The number of rotatable bonds is 2. The van der Waals surface area contributed by atoms with Gasteiger partial charge in [-0.05, 0) is 24.6 Å². The van der Waals surface area contributed by atoms with Gasteiger partial charge in [0.2, 0.25) is 5.69 Å². The predicted molar refractivity (Wildman–Crippen MR) is 68.1 cm³/mol. The topological polar surface area (TPSA) is 20.9 Å². The minimum Gasteiger partial charge on any atom is -0.284 e. The van der Waals surface area contributed by atoms with Gasteiger partial charge in [0.05, 0.1) is 11.1 Å². The molecule has 0 spiro atoms. The molecule has 22 heavy (non-hydrogen) atoms. The number of Topliss-reactive ketones (excluding diaryl/α,β-unsaturated/α-hetero) is 1. The summed E-state index contributed by atoms with van der Waals surface area (Å²) < 4.78 is 67.2. The van der Waals surface area contributed by atoms with Crippen LogP contribution in [-0.2, 0) is 7.05 Å². The molecule has 0 radical (unpaired) electrons. The molecule has 0 unspecified atom stereocenters. The molecular weight excluding hydrogens is 305 g/mol. The molecule has 2 nitrogen and oxygen atoms in total. The third-order valence-corrected chi connectivity index (χ3v) is 3.21. The molecule has 1 aromatic heterocycles. The molecule has 0 N–H and O–H groups in total. The average Bonchev–Trinajstić information content (AvgIpc) is 2.39. The fraction of sp³-hybridized carbons (Fsp3) is 0.200. The highest BCUT2D eigenvalue weighted by atomic mass is 19.4. The molecule has 0 aliphatic rings. The van der Waals surface area contributed by atoms with Crippen LogP contribution in [0.15, 0.2) is 30.5 Å². The summed E-state index contributed by atoms with van der Waals surface area (Å²) in [7, 11) is 1.56. The van der Waals surface area contributed by atoms with Gasteiger partial charge in [0.25, 0.3) is 5.78 Å². The average molecular weight is 316 g/mol. The van der Waals surface area contributed by atoms with Crippen molar-refractivity contribution in [2.24, 2.45) is 7.05 Å². The van der Waals surface area contributed by atoms with Crippen molar-refractivity contribution in [1.82, 2.24) is 0 Å². The first-order chi connectivity index (χ1) is 10.1. The van der Waals surface area contributed by atoms with Crippen LogP contribution in [0.3, 0.4) is 0 Å². The number of pyridine rings is 1. The minimum atomic E-state index is -5.35. The molecule has 0 atom stereocenters. The zero-order valence-corrected chi connectivity index (χ0v) is 11.6. The van der Waals surface area contributed by atoms with Crippen molar-refractivity contribution in [2.75, 3.05) is 0 Å². The van der Waals surface area contributed by atoms with Gasteiger partial charge in [-0.1, -0.05) is 0 Å². The van der Waals surface area contributed by atoms with Gasteiger partial charge in [0.15, 0.2) is 12.0 Å². The molecule has 0 fully saturated rings. The second-order valence-electron chi connectivity index (χ2n) is 4.76. The Bertz CT molecular complexity index is 752. The number of benzene rings is 1. The third-order valence-electron chi connectivity index (χ3n) is 3.21. The second-order valence-corrected chi connectivity index (χ2v) is 4.76. The van der Waals surface area contributed by atoms with E-state index in [1.807, 2.05) is 0 Å². The number of hydrogen-bond donors (Lipinski definition) is 0. The quantitative estimate of drug-likeness (QED) is 0.472. The van der Waals surface area contributed by atoms with Gasteiger partial charge in [-0.15, -0.1) is 0 Å². The second kappa shape index (κ2) is 5.47. The molecule has 0 saturated heterocycles. The monoisotopic (exact) mass is 316 g/mol. The van der Waals surface area contributed by atoms with Gasteiger partial charge in [-0.2, -0.15) is 13.2 Å². The lowest BCUT2D eigenvalue weighted by Crippen LogP contribution is -2.31. The molecule has 1 heterocycles. The van der Waals surface area contributed by atoms with Crippen molar-refractivity contribution >= 4 is 5.78 Å². The molecule has 0 saturated carbocycles. The van der Waals surface area contributed by atoms with Gasteiger partial charge in [-0.25, -0.2) is 13.3 Å². The summed E-state index contributed by atoms with van der Waals surface area (Å²) in [5.74, 6) is -5.58. The molecule has 116 valence electrons. The van der Waals surface area contributed by atoms with E-state index in [1.165, 1.54) is 17.6 Å². The molecular formula is C15H11F5NO+. The van der Waals surface area contributed by atoms with Crippen molar-refractivity contribution in [1.29, 1.82) is 0 Å². The molecule has 2 rings (SSSR count). The number of halogens is 5. The van der Waals surface area contributed by atoms with Crippen molar-refractivity contribution in [3.8, 4) is 11.3 Å². The van der Waals surface area contributed by atoms with Crippen LogP contribution in [-0.4, -0.2) is 12.0 Å². The highest BCUT2D eigenvalue weighted by Crippen LogP contribution is 2.32. The van der Waals surface area contributed by atoms with E-state index >= 15 is 0 Å². The summed E-state index contributed by atoms with van der Waals surface area (Å²) in [4.78, 5) is 11.3. The van der Waals surface area contributed by atoms with Crippen LogP contribution in [0.1, 0.15) is 15.9 Å². The van der Waals surface area contributed by atoms with Crippen molar-refractivity contribution in [3.05, 3.63) is 53.2 Å². The fourth-order valence-electron chi connectivity index (χ4n) is 2.18. The molecule has 0 bridgehead atoms. The molecule has 0 amide bonds. The van der Waals surface area contributed by atoms with Crippen LogP contribution in [0.25, 0.3) is 11.3 Å². The van der Waals surface area contributed by atoms with E-state index in [0.29, 0.717) is 0 Å². The predicted octanol–water partition coefficient (Wildman–Crippen LogP) is 3.51. The number of aromatic nitrogens is 1. The number of alkyl halides is 3. The van der Waals surface area contributed by atoms with Crippen molar-refractivity contribution in [3.63, 3.8) is 0 Å². The summed E-state index contributed by atoms with van der Waals surface area (Å²) in [6, 6.07) is 5.39. The largest absolute Gasteiger partial charge is 0.455 e. The number of aryl methyl sites for hydroxylation is 2. The Morgan fingerprint density at radius 2 is 1.82 bits per heavy atom. The summed E-state index contributed by atoms with van der Waals surface area (Å²) in [5.41, 5.74) is -1.50. The van der Waals surface area contributed by atoms with E-state index in [4.69, 9.17) is 0 Å². The van der Waals surface area contributed by atoms with Crippen LogP contribution >= 0.6 is 0 Å². The molecule has 1 aromatic carbocycles. The van der Waals surface area contributed by atoms with Crippen LogP contribution in [0.4, 0.5) is 22.0 Å². The zero-order valence-electron chi connectivity index (χ0n) is 11.6. The lowest BCUT2D eigenvalue weighted by atomic mass is 9.97. The Kier molecular flexibility index (Phi) is 4.00. The number of hydrogen-bond acceptors (Lipinski definition) is 1. The summed E-state index contributed by atoms with van der Waals surface area (Å²) >= 11 is 0. The number of ketones is 1. The summed E-state index contributed by atoms with van der Waals surface area (Å²) in [5, 5.41) is 0. The van der Waals surface area contributed by atoms with Crippen LogP contribution < -0.4 is 4.57 Å². The Morgan fingerprint density at radius 3 is 2.36 bits per heavy atom. The summed E-state index contributed by atoms with van der Waals surface area (Å²) in [6.07, 6.45) is -3.80. The maximum absolute atomic E-state index is 14.5. The van der Waals surface area contributed by atoms with E-state index in [9.17, 15) is 26.7 Å². The van der Waals surface area contributed by atoms with Gasteiger partial charge in [0.1, 0.15) is 12.9 Å².